The number of benzene rings is 1. The molecule has 2 fully saturated rings. The maximum Gasteiger partial charge on any atom is 0.230 e. The van der Waals surface area contributed by atoms with Gasteiger partial charge in [0.15, 0.2) is 0 Å². The second-order valence-electron chi connectivity index (χ2n) is 6.29. The topological polar surface area (TPSA) is 51.0 Å². The Morgan fingerprint density at radius 2 is 2.14 bits per heavy atom. The van der Waals surface area contributed by atoms with Crippen molar-refractivity contribution in [1.29, 1.82) is 0 Å². The van der Waals surface area contributed by atoms with Gasteiger partial charge in [-0.3, -0.25) is 0 Å². The predicted molar refractivity (Wildman–Crippen MR) is 76.3 cm³/mol. The van der Waals surface area contributed by atoms with Crippen molar-refractivity contribution in [3.05, 3.63) is 35.5 Å². The number of nitrogens with zero attached hydrogens (tertiary/aromatic N) is 2. The molecule has 2 aromatic rings. The summed E-state index contributed by atoms with van der Waals surface area (Å²) in [5, 5.41) is 7.47. The van der Waals surface area contributed by atoms with Crippen LogP contribution in [0.1, 0.15) is 36.6 Å². The first-order valence-corrected chi connectivity index (χ1v) is 7.49. The SMILES string of the molecule is Cc1cc(-c2noc(C3CC34CCNCC4)n2)ccc1F. The van der Waals surface area contributed by atoms with Crippen LogP contribution in [0.4, 0.5) is 4.39 Å². The molecule has 21 heavy (non-hydrogen) atoms. The van der Waals surface area contributed by atoms with Gasteiger partial charge in [0.1, 0.15) is 5.82 Å². The molecular formula is C16H18FN3O. The van der Waals surface area contributed by atoms with Crippen LogP contribution in [0.25, 0.3) is 11.4 Å². The third kappa shape index (κ3) is 2.16. The summed E-state index contributed by atoms with van der Waals surface area (Å²) in [5.41, 5.74) is 1.79. The average Bonchev–Trinajstić information content (AvgIpc) is 2.98. The number of hydrogen-bond donors (Lipinski definition) is 1. The van der Waals surface area contributed by atoms with E-state index in [1.165, 1.54) is 18.9 Å². The first-order chi connectivity index (χ1) is 10.2. The van der Waals surface area contributed by atoms with Crippen LogP contribution in [0.3, 0.4) is 0 Å². The molecule has 1 saturated heterocycles. The Bertz CT molecular complexity index is 676. The van der Waals surface area contributed by atoms with Gasteiger partial charge in [0.25, 0.3) is 0 Å². The van der Waals surface area contributed by atoms with Crippen LogP contribution >= 0.6 is 0 Å². The highest BCUT2D eigenvalue weighted by Crippen LogP contribution is 2.63. The number of hydrogen-bond acceptors (Lipinski definition) is 4. The maximum atomic E-state index is 13.3. The Kier molecular flexibility index (Phi) is 2.85. The summed E-state index contributed by atoms with van der Waals surface area (Å²) in [7, 11) is 0. The predicted octanol–water partition coefficient (Wildman–Crippen LogP) is 3.04. The van der Waals surface area contributed by atoms with E-state index in [1.54, 1.807) is 19.1 Å². The molecule has 0 radical (unpaired) electrons. The standard InChI is InChI=1S/C16H18FN3O/c1-10-8-11(2-3-13(10)17)14-19-15(21-20-14)12-9-16(12)4-6-18-7-5-16/h2-3,8,12,18H,4-7,9H2,1H3. The van der Waals surface area contributed by atoms with Gasteiger partial charge in [-0.15, -0.1) is 0 Å². The summed E-state index contributed by atoms with van der Waals surface area (Å²) in [6, 6.07) is 4.91. The minimum absolute atomic E-state index is 0.210. The van der Waals surface area contributed by atoms with Gasteiger partial charge in [-0.2, -0.15) is 4.98 Å². The van der Waals surface area contributed by atoms with Crippen LogP contribution in [-0.4, -0.2) is 23.2 Å². The first-order valence-electron chi connectivity index (χ1n) is 7.49. The van der Waals surface area contributed by atoms with Gasteiger partial charge in [0.2, 0.25) is 11.7 Å². The highest BCUT2D eigenvalue weighted by atomic mass is 19.1. The molecule has 2 heterocycles. The zero-order valence-corrected chi connectivity index (χ0v) is 12.0. The minimum atomic E-state index is -0.210. The van der Waals surface area contributed by atoms with E-state index in [1.807, 2.05) is 0 Å². The fraction of sp³-hybridized carbons (Fsp3) is 0.500. The molecule has 110 valence electrons. The molecule has 1 unspecified atom stereocenters. The fourth-order valence-electron chi connectivity index (χ4n) is 3.45. The molecule has 0 amide bonds. The lowest BCUT2D eigenvalue weighted by molar-refractivity contribution is 0.311. The Morgan fingerprint density at radius 3 is 2.90 bits per heavy atom. The molecule has 1 spiro atoms. The van der Waals surface area contributed by atoms with Crippen molar-refractivity contribution >= 4 is 0 Å². The number of piperidine rings is 1. The molecule has 1 saturated carbocycles. The molecule has 1 aliphatic heterocycles. The smallest absolute Gasteiger partial charge is 0.230 e. The monoisotopic (exact) mass is 287 g/mol. The summed E-state index contributed by atoms with van der Waals surface area (Å²) < 4.78 is 18.8. The number of aryl methyl sites for hydroxylation is 1. The zero-order chi connectivity index (χ0) is 14.4. The van der Waals surface area contributed by atoms with E-state index in [2.05, 4.69) is 15.5 Å². The van der Waals surface area contributed by atoms with Crippen LogP contribution in [0, 0.1) is 18.2 Å². The largest absolute Gasteiger partial charge is 0.339 e. The zero-order valence-electron chi connectivity index (χ0n) is 12.0. The van der Waals surface area contributed by atoms with Crippen molar-refractivity contribution in [2.24, 2.45) is 5.41 Å². The second-order valence-corrected chi connectivity index (χ2v) is 6.29. The lowest BCUT2D eigenvalue weighted by Gasteiger charge is -2.22. The van der Waals surface area contributed by atoms with E-state index in [4.69, 9.17) is 4.52 Å². The minimum Gasteiger partial charge on any atom is -0.339 e. The quantitative estimate of drug-likeness (QED) is 0.922. The van der Waals surface area contributed by atoms with Gasteiger partial charge in [-0.05, 0) is 68.5 Å². The highest BCUT2D eigenvalue weighted by Gasteiger charge is 2.57. The Hall–Kier alpha value is -1.75. The Morgan fingerprint density at radius 1 is 1.33 bits per heavy atom. The highest BCUT2D eigenvalue weighted by molar-refractivity contribution is 5.55. The van der Waals surface area contributed by atoms with Gasteiger partial charge >= 0.3 is 0 Å². The lowest BCUT2D eigenvalue weighted by Crippen LogP contribution is -2.29. The van der Waals surface area contributed by atoms with Crippen LogP contribution in [-0.2, 0) is 0 Å². The molecule has 4 nitrogen and oxygen atoms in total. The van der Waals surface area contributed by atoms with Crippen LogP contribution < -0.4 is 5.32 Å². The normalized spacial score (nSPS) is 23.4. The van der Waals surface area contributed by atoms with Crippen molar-refractivity contribution in [3.63, 3.8) is 0 Å². The summed E-state index contributed by atoms with van der Waals surface area (Å²) >= 11 is 0. The second kappa shape index (κ2) is 4.63. The molecule has 0 bridgehead atoms. The van der Waals surface area contributed by atoms with Gasteiger partial charge in [0.05, 0.1) is 0 Å². The van der Waals surface area contributed by atoms with Crippen LogP contribution in [0.5, 0.6) is 0 Å². The van der Waals surface area contributed by atoms with Crippen molar-refractivity contribution in [2.45, 2.75) is 32.1 Å². The molecule has 1 aliphatic carbocycles. The molecule has 4 rings (SSSR count). The van der Waals surface area contributed by atoms with Crippen molar-refractivity contribution in [3.8, 4) is 11.4 Å². The lowest BCUT2D eigenvalue weighted by atomic mass is 9.92. The summed E-state index contributed by atoms with van der Waals surface area (Å²) in [5.74, 6) is 1.50. The van der Waals surface area contributed by atoms with E-state index in [0.29, 0.717) is 22.7 Å². The first kappa shape index (κ1) is 13.0. The van der Waals surface area contributed by atoms with E-state index in [0.717, 1.165) is 31.0 Å². The molecule has 2 aliphatic rings. The molecule has 1 aromatic heterocycles. The van der Waals surface area contributed by atoms with Crippen molar-refractivity contribution in [2.75, 3.05) is 13.1 Å². The molecular weight excluding hydrogens is 269 g/mol. The number of halogens is 1. The van der Waals surface area contributed by atoms with Crippen molar-refractivity contribution in [1.82, 2.24) is 15.5 Å². The summed E-state index contributed by atoms with van der Waals surface area (Å²) in [4.78, 5) is 4.54. The van der Waals surface area contributed by atoms with E-state index in [9.17, 15) is 4.39 Å². The summed E-state index contributed by atoms with van der Waals surface area (Å²) in [6.07, 6.45) is 3.52. The third-order valence-electron chi connectivity index (χ3n) is 4.95. The summed E-state index contributed by atoms with van der Waals surface area (Å²) in [6.45, 7) is 3.90. The van der Waals surface area contributed by atoms with E-state index < -0.39 is 0 Å². The van der Waals surface area contributed by atoms with Gasteiger partial charge in [0, 0.05) is 11.5 Å². The van der Waals surface area contributed by atoms with Crippen LogP contribution in [0.15, 0.2) is 22.7 Å². The van der Waals surface area contributed by atoms with E-state index >= 15 is 0 Å². The average molecular weight is 287 g/mol. The number of aromatic nitrogens is 2. The van der Waals surface area contributed by atoms with Gasteiger partial charge in [-0.25, -0.2) is 4.39 Å². The van der Waals surface area contributed by atoms with E-state index in [-0.39, 0.29) is 5.82 Å². The Labute approximate surface area is 122 Å². The van der Waals surface area contributed by atoms with Crippen LogP contribution in [0.2, 0.25) is 0 Å². The molecule has 1 N–H and O–H groups in total. The number of rotatable bonds is 2. The van der Waals surface area contributed by atoms with Gasteiger partial charge in [-0.1, -0.05) is 5.16 Å². The number of nitrogens with one attached hydrogen (secondary N) is 1. The molecule has 1 atom stereocenters. The van der Waals surface area contributed by atoms with Gasteiger partial charge < -0.3 is 9.84 Å². The fourth-order valence-corrected chi connectivity index (χ4v) is 3.45. The van der Waals surface area contributed by atoms with Crippen molar-refractivity contribution < 1.29 is 8.91 Å². The molecule has 5 heteroatoms. The Balaban J connectivity index is 1.57. The maximum absolute atomic E-state index is 13.3. The third-order valence-corrected chi connectivity index (χ3v) is 4.95. The molecule has 1 aromatic carbocycles.